The van der Waals surface area contributed by atoms with Gasteiger partial charge in [0.1, 0.15) is 5.69 Å². The number of aromatic nitrogens is 2. The first-order valence-corrected chi connectivity index (χ1v) is 2.70. The summed E-state index contributed by atoms with van der Waals surface area (Å²) in [5, 5.41) is 0. The van der Waals surface area contributed by atoms with Crippen LogP contribution in [0.2, 0.25) is 0 Å². The molecule has 2 heteroatoms. The van der Waals surface area contributed by atoms with E-state index in [1.807, 2.05) is 18.5 Å². The average molecular weight is 120 g/mol. The molecule has 0 spiro atoms. The molecule has 0 aliphatic carbocycles. The molecule has 0 aliphatic heterocycles. The zero-order chi connectivity index (χ0) is 6.85. The summed E-state index contributed by atoms with van der Waals surface area (Å²) < 4.78 is 1.83. The van der Waals surface area contributed by atoms with E-state index in [0.29, 0.717) is 0 Å². The lowest BCUT2D eigenvalue weighted by atomic mass is 10.3. The lowest BCUT2D eigenvalue weighted by Gasteiger charge is -1.90. The van der Waals surface area contributed by atoms with E-state index in [4.69, 9.17) is 6.42 Å². The summed E-state index contributed by atoms with van der Waals surface area (Å²) in [6, 6.07) is 0. The van der Waals surface area contributed by atoms with Gasteiger partial charge in [-0.25, -0.2) is 4.98 Å². The first-order chi connectivity index (χ1) is 4.25. The Bertz CT molecular complexity index is 233. The van der Waals surface area contributed by atoms with Gasteiger partial charge >= 0.3 is 0 Å². The highest BCUT2D eigenvalue weighted by Crippen LogP contribution is 2.00. The molecule has 0 aliphatic rings. The average Bonchev–Trinajstić information content (AvgIpc) is 2.12. The number of nitrogens with zero attached hydrogens (tertiary/aromatic N) is 2. The van der Waals surface area contributed by atoms with Gasteiger partial charge < -0.3 is 4.57 Å². The Kier molecular flexibility index (Phi) is 1.27. The van der Waals surface area contributed by atoms with Crippen molar-refractivity contribution in [1.29, 1.82) is 0 Å². The van der Waals surface area contributed by atoms with E-state index in [1.165, 1.54) is 0 Å². The third kappa shape index (κ3) is 0.812. The maximum Gasteiger partial charge on any atom is 0.114 e. The summed E-state index contributed by atoms with van der Waals surface area (Å²) in [5.41, 5.74) is 1.77. The van der Waals surface area contributed by atoms with Gasteiger partial charge in [0.2, 0.25) is 0 Å². The Balaban J connectivity index is 3.27. The van der Waals surface area contributed by atoms with Gasteiger partial charge in [0.15, 0.2) is 0 Å². The molecular formula is C7H8N2. The zero-order valence-electron chi connectivity index (χ0n) is 5.55. The number of hydrogen-bond donors (Lipinski definition) is 0. The second-order valence-corrected chi connectivity index (χ2v) is 1.93. The molecule has 0 fully saturated rings. The van der Waals surface area contributed by atoms with Gasteiger partial charge in [-0.05, 0) is 6.92 Å². The van der Waals surface area contributed by atoms with E-state index in [-0.39, 0.29) is 0 Å². The maximum atomic E-state index is 5.19. The predicted molar refractivity (Wildman–Crippen MR) is 35.9 cm³/mol. The molecule has 0 saturated heterocycles. The fourth-order valence-electron chi connectivity index (χ4n) is 0.754. The minimum atomic E-state index is 0.856. The van der Waals surface area contributed by atoms with Crippen LogP contribution >= 0.6 is 0 Å². The standard InChI is InChI=1S/C7H8N2/c1-4-7-6(2)8-5-9(7)3/h1,5H,2-3H3. The van der Waals surface area contributed by atoms with Crippen LogP contribution in [-0.2, 0) is 7.05 Å². The molecule has 1 aromatic rings. The van der Waals surface area contributed by atoms with E-state index >= 15 is 0 Å². The minimum absolute atomic E-state index is 0.856. The van der Waals surface area contributed by atoms with E-state index in [0.717, 1.165) is 11.4 Å². The molecule has 0 amide bonds. The Morgan fingerprint density at radius 1 is 1.78 bits per heavy atom. The molecule has 1 rings (SSSR count). The largest absolute Gasteiger partial charge is 0.327 e. The molecule has 0 N–H and O–H groups in total. The molecule has 1 aromatic heterocycles. The van der Waals surface area contributed by atoms with Crippen LogP contribution in [0.25, 0.3) is 0 Å². The number of hydrogen-bond acceptors (Lipinski definition) is 1. The normalized spacial score (nSPS) is 9.00. The molecule has 0 unspecified atom stereocenters. The number of imidazole rings is 1. The van der Waals surface area contributed by atoms with Crippen LogP contribution in [0.1, 0.15) is 11.4 Å². The van der Waals surface area contributed by atoms with Gasteiger partial charge in [0.05, 0.1) is 12.0 Å². The molecule has 46 valence electrons. The molecule has 9 heavy (non-hydrogen) atoms. The number of aryl methyl sites for hydroxylation is 2. The van der Waals surface area contributed by atoms with Crippen LogP contribution in [0.15, 0.2) is 6.33 Å². The molecule has 0 bridgehead atoms. The third-order valence-corrected chi connectivity index (χ3v) is 1.26. The smallest absolute Gasteiger partial charge is 0.114 e. The van der Waals surface area contributed by atoms with Gasteiger partial charge in [-0.1, -0.05) is 5.92 Å². The molecule has 0 radical (unpaired) electrons. The third-order valence-electron chi connectivity index (χ3n) is 1.26. The van der Waals surface area contributed by atoms with Crippen LogP contribution in [0.5, 0.6) is 0 Å². The minimum Gasteiger partial charge on any atom is -0.327 e. The quantitative estimate of drug-likeness (QED) is 0.461. The monoisotopic (exact) mass is 120 g/mol. The summed E-state index contributed by atoms with van der Waals surface area (Å²) >= 11 is 0. The van der Waals surface area contributed by atoms with Crippen molar-refractivity contribution >= 4 is 0 Å². The molecular weight excluding hydrogens is 112 g/mol. The summed E-state index contributed by atoms with van der Waals surface area (Å²) in [7, 11) is 1.88. The van der Waals surface area contributed by atoms with Crippen LogP contribution in [0.3, 0.4) is 0 Å². The first-order valence-electron chi connectivity index (χ1n) is 2.70. The van der Waals surface area contributed by atoms with Crippen molar-refractivity contribution < 1.29 is 0 Å². The van der Waals surface area contributed by atoms with Gasteiger partial charge in [-0.3, -0.25) is 0 Å². The van der Waals surface area contributed by atoms with Crippen molar-refractivity contribution in [3.05, 3.63) is 17.7 Å². The Morgan fingerprint density at radius 3 is 2.67 bits per heavy atom. The van der Waals surface area contributed by atoms with Gasteiger partial charge in [0.25, 0.3) is 0 Å². The predicted octanol–water partition coefficient (Wildman–Crippen LogP) is 0.710. The second kappa shape index (κ2) is 1.94. The van der Waals surface area contributed by atoms with Crippen molar-refractivity contribution in [2.45, 2.75) is 6.92 Å². The molecule has 0 atom stereocenters. The van der Waals surface area contributed by atoms with Crippen LogP contribution in [-0.4, -0.2) is 9.55 Å². The number of rotatable bonds is 0. The van der Waals surface area contributed by atoms with Gasteiger partial charge in [0, 0.05) is 7.05 Å². The Morgan fingerprint density at radius 2 is 2.44 bits per heavy atom. The maximum absolute atomic E-state index is 5.19. The molecule has 2 nitrogen and oxygen atoms in total. The van der Waals surface area contributed by atoms with E-state index < -0.39 is 0 Å². The molecule has 0 aromatic carbocycles. The van der Waals surface area contributed by atoms with Crippen LogP contribution in [0, 0.1) is 19.3 Å². The van der Waals surface area contributed by atoms with Crippen molar-refractivity contribution in [3.8, 4) is 12.3 Å². The van der Waals surface area contributed by atoms with Crippen molar-refractivity contribution in [1.82, 2.24) is 9.55 Å². The van der Waals surface area contributed by atoms with Crippen molar-refractivity contribution in [3.63, 3.8) is 0 Å². The topological polar surface area (TPSA) is 17.8 Å². The highest BCUT2D eigenvalue weighted by atomic mass is 15.0. The van der Waals surface area contributed by atoms with E-state index in [9.17, 15) is 0 Å². The van der Waals surface area contributed by atoms with Gasteiger partial charge in [-0.2, -0.15) is 0 Å². The zero-order valence-corrected chi connectivity index (χ0v) is 5.55. The first kappa shape index (κ1) is 5.90. The Hall–Kier alpha value is -1.23. The fourth-order valence-corrected chi connectivity index (χ4v) is 0.754. The van der Waals surface area contributed by atoms with Crippen LogP contribution in [0.4, 0.5) is 0 Å². The highest BCUT2D eigenvalue weighted by molar-refractivity contribution is 5.28. The van der Waals surface area contributed by atoms with Crippen LogP contribution < -0.4 is 0 Å². The summed E-state index contributed by atoms with van der Waals surface area (Å²) in [5.74, 6) is 2.54. The summed E-state index contributed by atoms with van der Waals surface area (Å²) in [6.45, 7) is 1.90. The Labute approximate surface area is 54.5 Å². The highest BCUT2D eigenvalue weighted by Gasteiger charge is 1.97. The molecule has 0 saturated carbocycles. The molecule has 1 heterocycles. The van der Waals surface area contributed by atoms with E-state index in [1.54, 1.807) is 6.33 Å². The van der Waals surface area contributed by atoms with E-state index in [2.05, 4.69) is 10.9 Å². The SMILES string of the molecule is C#Cc1c(C)ncn1C. The van der Waals surface area contributed by atoms with Crippen molar-refractivity contribution in [2.24, 2.45) is 7.05 Å². The number of terminal acetylenes is 1. The lowest BCUT2D eigenvalue weighted by molar-refractivity contribution is 0.898. The summed E-state index contributed by atoms with van der Waals surface area (Å²) in [4.78, 5) is 4.01. The van der Waals surface area contributed by atoms with Crippen molar-refractivity contribution in [2.75, 3.05) is 0 Å². The summed E-state index contributed by atoms with van der Waals surface area (Å²) in [6.07, 6.45) is 6.90. The fraction of sp³-hybridized carbons (Fsp3) is 0.286. The van der Waals surface area contributed by atoms with Gasteiger partial charge in [-0.15, -0.1) is 6.42 Å². The lowest BCUT2D eigenvalue weighted by Crippen LogP contribution is -1.89. The second-order valence-electron chi connectivity index (χ2n) is 1.93.